The molecule has 1 aromatic rings. The SMILES string of the molecule is CCCCCCCCCCCCCCCCCCCCCCOC(=O)CCP(=O)(O)c1ccccc1. The third-order valence-corrected chi connectivity index (χ3v) is 8.97. The van der Waals surface area contributed by atoms with E-state index in [9.17, 15) is 14.3 Å². The van der Waals surface area contributed by atoms with Crippen LogP contribution in [0.3, 0.4) is 0 Å². The quantitative estimate of drug-likeness (QED) is 0.0789. The Kier molecular flexibility index (Phi) is 21.1. The number of esters is 1. The molecule has 0 aliphatic heterocycles. The maximum absolute atomic E-state index is 12.3. The molecular formula is C31H55O4P. The molecule has 0 radical (unpaired) electrons. The molecule has 0 aromatic heterocycles. The van der Waals surface area contributed by atoms with E-state index in [1.54, 1.807) is 30.3 Å². The average Bonchev–Trinajstić information content (AvgIpc) is 2.89. The first-order valence-electron chi connectivity index (χ1n) is 15.1. The average molecular weight is 523 g/mol. The predicted octanol–water partition coefficient (Wildman–Crippen LogP) is 9.34. The van der Waals surface area contributed by atoms with Crippen molar-refractivity contribution in [2.24, 2.45) is 0 Å². The maximum atomic E-state index is 12.3. The second kappa shape index (κ2) is 23.0. The van der Waals surface area contributed by atoms with Crippen molar-refractivity contribution in [2.75, 3.05) is 12.8 Å². The largest absolute Gasteiger partial charge is 0.466 e. The molecule has 0 fully saturated rings. The van der Waals surface area contributed by atoms with E-state index in [1.165, 1.54) is 116 Å². The van der Waals surface area contributed by atoms with E-state index in [-0.39, 0.29) is 18.6 Å². The van der Waals surface area contributed by atoms with Crippen LogP contribution >= 0.6 is 7.37 Å². The lowest BCUT2D eigenvalue weighted by molar-refractivity contribution is -0.143. The second-order valence-corrected chi connectivity index (χ2v) is 12.8. The summed E-state index contributed by atoms with van der Waals surface area (Å²) in [6, 6.07) is 8.53. The van der Waals surface area contributed by atoms with E-state index in [2.05, 4.69) is 6.92 Å². The smallest absolute Gasteiger partial charge is 0.306 e. The van der Waals surface area contributed by atoms with E-state index < -0.39 is 7.37 Å². The van der Waals surface area contributed by atoms with Crippen LogP contribution in [-0.2, 0) is 14.1 Å². The van der Waals surface area contributed by atoms with Crippen LogP contribution in [0.4, 0.5) is 0 Å². The monoisotopic (exact) mass is 522 g/mol. The van der Waals surface area contributed by atoms with Gasteiger partial charge in [-0.3, -0.25) is 9.36 Å². The fourth-order valence-electron chi connectivity index (χ4n) is 4.65. The predicted molar refractivity (Wildman–Crippen MR) is 154 cm³/mol. The minimum Gasteiger partial charge on any atom is -0.466 e. The van der Waals surface area contributed by atoms with Crippen molar-refractivity contribution in [3.63, 3.8) is 0 Å². The third-order valence-electron chi connectivity index (χ3n) is 7.04. The second-order valence-electron chi connectivity index (χ2n) is 10.4. The molecule has 0 spiro atoms. The van der Waals surface area contributed by atoms with Crippen molar-refractivity contribution in [1.29, 1.82) is 0 Å². The summed E-state index contributed by atoms with van der Waals surface area (Å²) in [6.45, 7) is 2.70. The highest BCUT2D eigenvalue weighted by molar-refractivity contribution is 7.66. The van der Waals surface area contributed by atoms with Crippen LogP contribution in [0.15, 0.2) is 30.3 Å². The van der Waals surface area contributed by atoms with Crippen molar-refractivity contribution in [1.82, 2.24) is 0 Å². The fourth-order valence-corrected chi connectivity index (χ4v) is 6.03. The van der Waals surface area contributed by atoms with Crippen molar-refractivity contribution in [3.8, 4) is 0 Å². The first kappa shape index (κ1) is 32.9. The Morgan fingerprint density at radius 3 is 1.47 bits per heavy atom. The van der Waals surface area contributed by atoms with Gasteiger partial charge in [0.15, 0.2) is 0 Å². The van der Waals surface area contributed by atoms with Crippen LogP contribution in [0.25, 0.3) is 0 Å². The highest BCUT2D eigenvalue weighted by atomic mass is 31.2. The molecule has 36 heavy (non-hydrogen) atoms. The van der Waals surface area contributed by atoms with Crippen LogP contribution in [0.1, 0.15) is 142 Å². The van der Waals surface area contributed by atoms with Crippen molar-refractivity contribution >= 4 is 18.6 Å². The summed E-state index contributed by atoms with van der Waals surface area (Å²) in [5.41, 5.74) is 0. The summed E-state index contributed by atoms with van der Waals surface area (Å²) in [7, 11) is -3.48. The minimum atomic E-state index is -3.48. The van der Waals surface area contributed by atoms with Gasteiger partial charge in [-0.25, -0.2) is 0 Å². The molecule has 0 amide bonds. The van der Waals surface area contributed by atoms with Crippen LogP contribution in [-0.4, -0.2) is 23.6 Å². The Morgan fingerprint density at radius 1 is 0.667 bits per heavy atom. The Bertz CT molecular complexity index is 676. The molecule has 0 aliphatic rings. The molecule has 208 valence electrons. The van der Waals surface area contributed by atoms with Gasteiger partial charge in [-0.1, -0.05) is 147 Å². The number of ether oxygens (including phenoxy) is 1. The zero-order valence-corrected chi connectivity index (χ0v) is 24.2. The molecule has 1 rings (SSSR count). The number of unbranched alkanes of at least 4 members (excludes halogenated alkanes) is 19. The molecule has 0 aliphatic carbocycles. The zero-order chi connectivity index (χ0) is 26.2. The van der Waals surface area contributed by atoms with E-state index in [0.29, 0.717) is 11.9 Å². The van der Waals surface area contributed by atoms with Gasteiger partial charge >= 0.3 is 5.97 Å². The topological polar surface area (TPSA) is 63.6 Å². The first-order valence-corrected chi connectivity index (χ1v) is 16.9. The van der Waals surface area contributed by atoms with Gasteiger partial charge in [0.05, 0.1) is 13.0 Å². The minimum absolute atomic E-state index is 0.0120. The van der Waals surface area contributed by atoms with E-state index in [1.807, 2.05) is 0 Å². The summed E-state index contributed by atoms with van der Waals surface area (Å²) in [5, 5.41) is 0.395. The number of rotatable bonds is 25. The fraction of sp³-hybridized carbons (Fsp3) is 0.774. The van der Waals surface area contributed by atoms with E-state index in [4.69, 9.17) is 4.74 Å². The summed E-state index contributed by atoms with van der Waals surface area (Å²) in [4.78, 5) is 22.0. The molecule has 1 N–H and O–H groups in total. The maximum Gasteiger partial charge on any atom is 0.306 e. The number of carbonyl (C=O) groups excluding carboxylic acids is 1. The lowest BCUT2D eigenvalue weighted by atomic mass is 10.0. The molecule has 4 nitrogen and oxygen atoms in total. The third kappa shape index (κ3) is 19.1. The van der Waals surface area contributed by atoms with Crippen molar-refractivity contribution in [2.45, 2.75) is 142 Å². The van der Waals surface area contributed by atoms with Gasteiger partial charge in [0.25, 0.3) is 0 Å². The molecule has 0 saturated carbocycles. The first-order chi connectivity index (χ1) is 17.6. The Labute approximate surface area is 222 Å². The Morgan fingerprint density at radius 2 is 1.06 bits per heavy atom. The summed E-state index contributed by atoms with van der Waals surface area (Å²) in [6.07, 6.45) is 26.8. The van der Waals surface area contributed by atoms with Gasteiger partial charge in [0.2, 0.25) is 7.37 Å². The number of carbonyl (C=O) groups is 1. The van der Waals surface area contributed by atoms with Crippen LogP contribution in [0.2, 0.25) is 0 Å². The molecule has 0 saturated heterocycles. The number of hydrogen-bond donors (Lipinski definition) is 1. The van der Waals surface area contributed by atoms with Crippen molar-refractivity contribution < 1.29 is 19.0 Å². The normalized spacial score (nSPS) is 12.9. The highest BCUT2D eigenvalue weighted by Gasteiger charge is 2.22. The van der Waals surface area contributed by atoms with Crippen LogP contribution in [0, 0.1) is 0 Å². The van der Waals surface area contributed by atoms with Crippen LogP contribution < -0.4 is 5.30 Å². The van der Waals surface area contributed by atoms with Crippen LogP contribution in [0.5, 0.6) is 0 Å². The van der Waals surface area contributed by atoms with Gasteiger partial charge in [-0.05, 0) is 18.6 Å². The lowest BCUT2D eigenvalue weighted by Gasteiger charge is -2.11. The standard InChI is InChI=1S/C31H55O4P/c1-2-3-4-5-6-7-8-9-10-11-12-13-14-15-16-17-18-19-20-24-28-35-31(32)27-29-36(33,34)30-25-22-21-23-26-30/h21-23,25-26H,2-20,24,27-29H2,1H3,(H,33,34). The Balaban J connectivity index is 1.79. The zero-order valence-electron chi connectivity index (χ0n) is 23.3. The molecule has 1 unspecified atom stereocenters. The lowest BCUT2D eigenvalue weighted by Crippen LogP contribution is -2.12. The van der Waals surface area contributed by atoms with E-state index in [0.717, 1.165) is 12.8 Å². The van der Waals surface area contributed by atoms with Gasteiger partial charge in [-0.2, -0.15) is 0 Å². The Hall–Kier alpha value is -1.12. The number of hydrogen-bond acceptors (Lipinski definition) is 3. The van der Waals surface area contributed by atoms with Gasteiger partial charge < -0.3 is 9.63 Å². The molecule has 1 atom stereocenters. The molecular weight excluding hydrogens is 467 g/mol. The number of benzene rings is 1. The summed E-state index contributed by atoms with van der Waals surface area (Å²) >= 11 is 0. The van der Waals surface area contributed by atoms with Gasteiger partial charge in [-0.15, -0.1) is 0 Å². The highest BCUT2D eigenvalue weighted by Crippen LogP contribution is 2.39. The summed E-state index contributed by atoms with van der Waals surface area (Å²) in [5.74, 6) is -0.377. The van der Waals surface area contributed by atoms with Gasteiger partial charge in [0.1, 0.15) is 0 Å². The molecule has 0 heterocycles. The molecule has 1 aromatic carbocycles. The van der Waals surface area contributed by atoms with E-state index >= 15 is 0 Å². The van der Waals surface area contributed by atoms with Gasteiger partial charge in [0, 0.05) is 11.5 Å². The molecule has 0 bridgehead atoms. The molecule has 5 heteroatoms. The van der Waals surface area contributed by atoms with Crippen molar-refractivity contribution in [3.05, 3.63) is 30.3 Å². The summed E-state index contributed by atoms with van der Waals surface area (Å²) < 4.78 is 17.6.